The molecule has 0 spiro atoms. The summed E-state index contributed by atoms with van der Waals surface area (Å²) in [7, 11) is 1.81. The van der Waals surface area contributed by atoms with Gasteiger partial charge in [-0.25, -0.2) is 0 Å². The summed E-state index contributed by atoms with van der Waals surface area (Å²) in [6, 6.07) is 19.4. The molecule has 0 bridgehead atoms. The van der Waals surface area contributed by atoms with Gasteiger partial charge in [-0.1, -0.05) is 60.7 Å². The lowest BCUT2D eigenvalue weighted by molar-refractivity contribution is -0.383. The van der Waals surface area contributed by atoms with E-state index in [4.69, 9.17) is 5.73 Å². The van der Waals surface area contributed by atoms with E-state index in [1.165, 1.54) is 0 Å². The van der Waals surface area contributed by atoms with Crippen molar-refractivity contribution in [3.8, 4) is 0 Å². The zero-order chi connectivity index (χ0) is 19.2. The van der Waals surface area contributed by atoms with Gasteiger partial charge in [-0.2, -0.15) is 9.97 Å². The van der Waals surface area contributed by atoms with Gasteiger partial charge in [0.05, 0.1) is 4.92 Å². The van der Waals surface area contributed by atoms with Crippen molar-refractivity contribution in [3.05, 3.63) is 81.9 Å². The maximum atomic E-state index is 11.4. The van der Waals surface area contributed by atoms with Crippen molar-refractivity contribution in [2.75, 3.05) is 23.0 Å². The Labute approximate surface area is 156 Å². The molecule has 0 unspecified atom stereocenters. The molecule has 0 aliphatic heterocycles. The zero-order valence-corrected chi connectivity index (χ0v) is 14.9. The predicted octanol–water partition coefficient (Wildman–Crippen LogP) is 3.22. The molecule has 0 fully saturated rings. The number of nitrogens with one attached hydrogen (secondary N) is 1. The van der Waals surface area contributed by atoms with Crippen molar-refractivity contribution < 1.29 is 4.92 Å². The highest BCUT2D eigenvalue weighted by molar-refractivity contribution is 5.70. The number of nitro groups is 1. The standard InChI is InChI=1S/C19H20N6O2/c1-24(13-15-10-6-3-7-11-15)19-22-17(20)16(25(26)27)18(23-19)21-12-14-8-4-2-5-9-14/h2-11H,12-13H2,1H3,(H3,20,21,22,23). The fraction of sp³-hybridized carbons (Fsp3) is 0.158. The number of hydrogen-bond acceptors (Lipinski definition) is 7. The lowest BCUT2D eigenvalue weighted by atomic mass is 10.2. The summed E-state index contributed by atoms with van der Waals surface area (Å²) in [5.41, 5.74) is 7.59. The molecule has 138 valence electrons. The third-order valence-electron chi connectivity index (χ3n) is 3.99. The SMILES string of the molecule is CN(Cc1ccccc1)c1nc(N)c([N+](=O)[O-])c(NCc2ccccc2)n1. The van der Waals surface area contributed by atoms with Gasteiger partial charge < -0.3 is 16.0 Å². The molecule has 0 radical (unpaired) electrons. The van der Waals surface area contributed by atoms with Crippen LogP contribution < -0.4 is 16.0 Å². The second-order valence-corrected chi connectivity index (χ2v) is 6.04. The van der Waals surface area contributed by atoms with Gasteiger partial charge in [0.25, 0.3) is 0 Å². The summed E-state index contributed by atoms with van der Waals surface area (Å²) in [6.07, 6.45) is 0. The largest absolute Gasteiger partial charge is 0.378 e. The number of nitrogen functional groups attached to an aromatic ring is 1. The van der Waals surface area contributed by atoms with Crippen molar-refractivity contribution in [1.29, 1.82) is 0 Å². The van der Waals surface area contributed by atoms with E-state index < -0.39 is 4.92 Å². The predicted molar refractivity (Wildman–Crippen MR) is 105 cm³/mol. The highest BCUT2D eigenvalue weighted by atomic mass is 16.6. The maximum Gasteiger partial charge on any atom is 0.353 e. The van der Waals surface area contributed by atoms with E-state index in [0.717, 1.165) is 11.1 Å². The van der Waals surface area contributed by atoms with E-state index in [1.54, 1.807) is 4.90 Å². The molecule has 8 nitrogen and oxygen atoms in total. The molecule has 0 saturated carbocycles. The minimum absolute atomic E-state index is 0.103. The molecule has 0 amide bonds. The third kappa shape index (κ3) is 4.49. The highest BCUT2D eigenvalue weighted by Crippen LogP contribution is 2.30. The van der Waals surface area contributed by atoms with Gasteiger partial charge in [-0.3, -0.25) is 10.1 Å². The monoisotopic (exact) mass is 364 g/mol. The van der Waals surface area contributed by atoms with Crippen LogP contribution in [0.4, 0.5) is 23.3 Å². The van der Waals surface area contributed by atoms with Gasteiger partial charge in [0.1, 0.15) is 0 Å². The van der Waals surface area contributed by atoms with Gasteiger partial charge in [0.15, 0.2) is 0 Å². The van der Waals surface area contributed by atoms with Gasteiger partial charge in [-0.05, 0) is 11.1 Å². The van der Waals surface area contributed by atoms with Gasteiger partial charge in [-0.15, -0.1) is 0 Å². The summed E-state index contributed by atoms with van der Waals surface area (Å²) in [6.45, 7) is 0.941. The Morgan fingerprint density at radius 2 is 1.63 bits per heavy atom. The van der Waals surface area contributed by atoms with Crippen LogP contribution in [0.15, 0.2) is 60.7 Å². The average Bonchev–Trinajstić information content (AvgIpc) is 2.67. The van der Waals surface area contributed by atoms with E-state index in [1.807, 2.05) is 67.7 Å². The first kappa shape index (κ1) is 18.1. The average molecular weight is 364 g/mol. The topological polar surface area (TPSA) is 110 Å². The van der Waals surface area contributed by atoms with Gasteiger partial charge in [0, 0.05) is 20.1 Å². The van der Waals surface area contributed by atoms with Crippen LogP contribution in [0, 0.1) is 10.1 Å². The first-order valence-electron chi connectivity index (χ1n) is 8.39. The Balaban J connectivity index is 1.87. The van der Waals surface area contributed by atoms with E-state index in [-0.39, 0.29) is 17.3 Å². The number of benzene rings is 2. The number of hydrogen-bond donors (Lipinski definition) is 2. The van der Waals surface area contributed by atoms with Crippen molar-refractivity contribution in [2.45, 2.75) is 13.1 Å². The Hall–Kier alpha value is -3.68. The highest BCUT2D eigenvalue weighted by Gasteiger charge is 2.24. The number of anilines is 3. The molecule has 2 aromatic carbocycles. The fourth-order valence-corrected chi connectivity index (χ4v) is 2.64. The molecule has 3 N–H and O–H groups in total. The molecule has 1 aromatic heterocycles. The number of aromatic nitrogens is 2. The lowest BCUT2D eigenvalue weighted by Crippen LogP contribution is -2.21. The normalized spacial score (nSPS) is 10.4. The van der Waals surface area contributed by atoms with Crippen molar-refractivity contribution in [1.82, 2.24) is 9.97 Å². The second kappa shape index (κ2) is 8.13. The van der Waals surface area contributed by atoms with Crippen LogP contribution in [0.25, 0.3) is 0 Å². The summed E-state index contributed by atoms with van der Waals surface area (Å²) in [5.74, 6) is 0.254. The molecule has 0 saturated heterocycles. The molecule has 8 heteroatoms. The first-order chi connectivity index (χ1) is 13.0. The van der Waals surface area contributed by atoms with Crippen molar-refractivity contribution in [2.24, 2.45) is 0 Å². The molecule has 1 heterocycles. The van der Waals surface area contributed by atoms with E-state index in [9.17, 15) is 10.1 Å². The number of nitrogens with zero attached hydrogens (tertiary/aromatic N) is 4. The Morgan fingerprint density at radius 3 is 2.22 bits per heavy atom. The molecule has 0 atom stereocenters. The van der Waals surface area contributed by atoms with E-state index >= 15 is 0 Å². The van der Waals surface area contributed by atoms with E-state index in [0.29, 0.717) is 19.0 Å². The number of rotatable bonds is 7. The van der Waals surface area contributed by atoms with Crippen molar-refractivity contribution >= 4 is 23.3 Å². The zero-order valence-electron chi connectivity index (χ0n) is 14.9. The third-order valence-corrected chi connectivity index (χ3v) is 3.99. The van der Waals surface area contributed by atoms with Crippen LogP contribution in [-0.2, 0) is 13.1 Å². The van der Waals surface area contributed by atoms with Crippen molar-refractivity contribution in [3.63, 3.8) is 0 Å². The summed E-state index contributed by atoms with van der Waals surface area (Å²) < 4.78 is 0. The van der Waals surface area contributed by atoms with Crippen LogP contribution in [-0.4, -0.2) is 21.9 Å². The second-order valence-electron chi connectivity index (χ2n) is 6.04. The first-order valence-corrected chi connectivity index (χ1v) is 8.39. The van der Waals surface area contributed by atoms with Gasteiger partial charge in [0.2, 0.25) is 17.6 Å². The summed E-state index contributed by atoms with van der Waals surface area (Å²) in [4.78, 5) is 21.1. The fourth-order valence-electron chi connectivity index (χ4n) is 2.64. The Kier molecular flexibility index (Phi) is 5.46. The van der Waals surface area contributed by atoms with Crippen LogP contribution >= 0.6 is 0 Å². The minimum atomic E-state index is -0.566. The molecule has 3 aromatic rings. The maximum absolute atomic E-state index is 11.4. The van der Waals surface area contributed by atoms with Crippen LogP contribution in [0.5, 0.6) is 0 Å². The number of nitrogens with two attached hydrogens (primary N) is 1. The minimum Gasteiger partial charge on any atom is -0.378 e. The van der Waals surface area contributed by atoms with Gasteiger partial charge >= 0.3 is 5.69 Å². The van der Waals surface area contributed by atoms with E-state index in [2.05, 4.69) is 15.3 Å². The van der Waals surface area contributed by atoms with Crippen LogP contribution in [0.3, 0.4) is 0 Å². The molecule has 3 rings (SSSR count). The molecule has 27 heavy (non-hydrogen) atoms. The molecule has 0 aliphatic carbocycles. The Bertz CT molecular complexity index is 918. The summed E-state index contributed by atoms with van der Waals surface area (Å²) >= 11 is 0. The smallest absolute Gasteiger partial charge is 0.353 e. The molecule has 0 aliphatic rings. The van der Waals surface area contributed by atoms with Crippen LogP contribution in [0.1, 0.15) is 11.1 Å². The summed E-state index contributed by atoms with van der Waals surface area (Å²) in [5, 5.41) is 14.4. The quantitative estimate of drug-likeness (QED) is 0.489. The molecular weight excluding hydrogens is 344 g/mol. The van der Waals surface area contributed by atoms with Crippen LogP contribution in [0.2, 0.25) is 0 Å². The Morgan fingerprint density at radius 1 is 1.04 bits per heavy atom. The lowest BCUT2D eigenvalue weighted by Gasteiger charge is -2.18. The molecular formula is C19H20N6O2.